The lowest BCUT2D eigenvalue weighted by Crippen LogP contribution is -2.28. The highest BCUT2D eigenvalue weighted by Gasteiger charge is 2.36. The number of carbonyl (C=O) groups is 4. The van der Waals surface area contributed by atoms with Crippen molar-refractivity contribution < 1.29 is 37.8 Å². The van der Waals surface area contributed by atoms with Crippen LogP contribution in [0.2, 0.25) is 0 Å². The van der Waals surface area contributed by atoms with E-state index in [2.05, 4.69) is 0 Å². The van der Waals surface area contributed by atoms with Gasteiger partial charge in [-0.1, -0.05) is 0 Å². The normalized spacial score (nSPS) is 12.5. The van der Waals surface area contributed by atoms with Gasteiger partial charge in [0.2, 0.25) is 5.78 Å². The van der Waals surface area contributed by atoms with Crippen LogP contribution in [0.25, 0.3) is 0 Å². The molecule has 0 fully saturated rings. The number of benzene rings is 2. The zero-order valence-electron chi connectivity index (χ0n) is 17.8. The number of hydrogen-bond acceptors (Lipinski definition) is 8. The number of esters is 1. The van der Waals surface area contributed by atoms with Crippen molar-refractivity contribution in [3.8, 4) is 11.5 Å². The Kier molecular flexibility index (Phi) is 5.95. The molecule has 0 saturated carbocycles. The molecule has 0 N–H and O–H groups in total. The standard InChI is InChI=1S/C24H19NO8/c1-30-15-6-8-18(21(11-15)31-2)20(26)13-33-24(29)14-5-7-17-19(10-14)23(28)25(22(17)27)12-16-4-3-9-32-16/h3-11H,12-13H2,1-2H3. The quantitative estimate of drug-likeness (QED) is 0.293. The van der Waals surface area contributed by atoms with E-state index in [0.717, 1.165) is 4.90 Å². The third-order valence-corrected chi connectivity index (χ3v) is 5.14. The van der Waals surface area contributed by atoms with Gasteiger partial charge in [-0.25, -0.2) is 4.79 Å². The van der Waals surface area contributed by atoms with Gasteiger partial charge >= 0.3 is 5.97 Å². The van der Waals surface area contributed by atoms with Crippen LogP contribution in [0.3, 0.4) is 0 Å². The highest BCUT2D eigenvalue weighted by atomic mass is 16.5. The van der Waals surface area contributed by atoms with Gasteiger partial charge in [0.15, 0.2) is 6.61 Å². The number of imide groups is 1. The first-order valence-electron chi connectivity index (χ1n) is 9.88. The maximum atomic E-state index is 12.7. The first-order chi connectivity index (χ1) is 15.9. The summed E-state index contributed by atoms with van der Waals surface area (Å²) in [6.07, 6.45) is 1.45. The second-order valence-corrected chi connectivity index (χ2v) is 7.10. The van der Waals surface area contributed by atoms with Gasteiger partial charge in [-0.3, -0.25) is 19.3 Å². The van der Waals surface area contributed by atoms with Gasteiger partial charge < -0.3 is 18.6 Å². The number of nitrogens with zero attached hydrogens (tertiary/aromatic N) is 1. The second kappa shape index (κ2) is 8.99. The molecular weight excluding hydrogens is 430 g/mol. The van der Waals surface area contributed by atoms with E-state index in [1.165, 1.54) is 44.7 Å². The minimum atomic E-state index is -0.802. The Morgan fingerprint density at radius 3 is 2.42 bits per heavy atom. The van der Waals surface area contributed by atoms with Gasteiger partial charge in [0.05, 0.1) is 49.3 Å². The summed E-state index contributed by atoms with van der Waals surface area (Å²) in [5.41, 5.74) is 0.546. The van der Waals surface area contributed by atoms with Gasteiger partial charge in [-0.2, -0.15) is 0 Å². The number of ketones is 1. The lowest BCUT2D eigenvalue weighted by molar-refractivity contribution is 0.0473. The molecule has 1 aliphatic rings. The van der Waals surface area contributed by atoms with Crippen LogP contribution in [0, 0.1) is 0 Å². The van der Waals surface area contributed by atoms with Gasteiger partial charge in [-0.05, 0) is 42.5 Å². The molecule has 2 aromatic carbocycles. The number of methoxy groups -OCH3 is 2. The van der Waals surface area contributed by atoms with Gasteiger partial charge in [0.1, 0.15) is 17.3 Å². The summed E-state index contributed by atoms with van der Waals surface area (Å²) in [6, 6.07) is 12.0. The van der Waals surface area contributed by atoms with Crippen LogP contribution in [0.15, 0.2) is 59.2 Å². The van der Waals surface area contributed by atoms with Gasteiger partial charge in [0, 0.05) is 6.07 Å². The van der Waals surface area contributed by atoms with Crippen LogP contribution in [0.1, 0.15) is 47.2 Å². The Morgan fingerprint density at radius 2 is 1.73 bits per heavy atom. The molecule has 0 unspecified atom stereocenters. The smallest absolute Gasteiger partial charge is 0.338 e. The summed E-state index contributed by atoms with van der Waals surface area (Å²) >= 11 is 0. The lowest BCUT2D eigenvalue weighted by Gasteiger charge is -2.11. The van der Waals surface area contributed by atoms with Crippen molar-refractivity contribution >= 4 is 23.6 Å². The number of amides is 2. The molecule has 0 atom stereocenters. The predicted molar refractivity (Wildman–Crippen MR) is 114 cm³/mol. The molecule has 0 bridgehead atoms. The van der Waals surface area contributed by atoms with Crippen LogP contribution in [0.4, 0.5) is 0 Å². The zero-order chi connectivity index (χ0) is 23.5. The molecule has 0 aliphatic carbocycles. The van der Waals surface area contributed by atoms with Crippen LogP contribution in [-0.4, -0.2) is 49.3 Å². The fourth-order valence-electron chi connectivity index (χ4n) is 3.44. The van der Waals surface area contributed by atoms with E-state index < -0.39 is 30.2 Å². The Morgan fingerprint density at radius 1 is 0.939 bits per heavy atom. The molecule has 0 saturated heterocycles. The Balaban J connectivity index is 1.46. The van der Waals surface area contributed by atoms with Crippen molar-refractivity contribution in [3.05, 3.63) is 82.8 Å². The Hall–Kier alpha value is -4.40. The fourth-order valence-corrected chi connectivity index (χ4v) is 3.44. The van der Waals surface area contributed by atoms with Crippen LogP contribution in [0.5, 0.6) is 11.5 Å². The third kappa shape index (κ3) is 4.20. The van der Waals surface area contributed by atoms with Crippen LogP contribution in [-0.2, 0) is 11.3 Å². The summed E-state index contributed by atoms with van der Waals surface area (Å²) in [7, 11) is 2.90. The van der Waals surface area contributed by atoms with E-state index in [-0.39, 0.29) is 34.5 Å². The van der Waals surface area contributed by atoms with Crippen molar-refractivity contribution in [2.75, 3.05) is 20.8 Å². The van der Waals surface area contributed by atoms with E-state index >= 15 is 0 Å². The summed E-state index contributed by atoms with van der Waals surface area (Å²) < 4.78 is 20.6. The zero-order valence-corrected chi connectivity index (χ0v) is 17.8. The monoisotopic (exact) mass is 449 g/mol. The van der Waals surface area contributed by atoms with E-state index in [9.17, 15) is 19.2 Å². The first-order valence-corrected chi connectivity index (χ1v) is 9.88. The molecule has 1 aromatic heterocycles. The highest BCUT2D eigenvalue weighted by Crippen LogP contribution is 2.27. The molecule has 3 aromatic rings. The molecule has 2 heterocycles. The maximum Gasteiger partial charge on any atom is 0.338 e. The number of fused-ring (bicyclic) bond motifs is 1. The second-order valence-electron chi connectivity index (χ2n) is 7.10. The molecule has 9 heteroatoms. The predicted octanol–water partition coefficient (Wildman–Crippen LogP) is 3.13. The fraction of sp³-hybridized carbons (Fsp3) is 0.167. The van der Waals surface area contributed by atoms with Crippen LogP contribution >= 0.6 is 0 Å². The number of ether oxygens (including phenoxy) is 3. The molecule has 0 radical (unpaired) electrons. The average molecular weight is 449 g/mol. The molecule has 2 amide bonds. The van der Waals surface area contributed by atoms with E-state index in [1.807, 2.05) is 0 Å². The number of rotatable bonds is 8. The third-order valence-electron chi connectivity index (χ3n) is 5.14. The summed E-state index contributed by atoms with van der Waals surface area (Å²) in [5, 5.41) is 0. The van der Waals surface area contributed by atoms with E-state index in [4.69, 9.17) is 18.6 Å². The average Bonchev–Trinajstić information content (AvgIpc) is 3.44. The minimum absolute atomic E-state index is 0.0165. The molecule has 9 nitrogen and oxygen atoms in total. The molecule has 168 valence electrons. The summed E-state index contributed by atoms with van der Waals surface area (Å²) in [6.45, 7) is -0.548. The van der Waals surface area contributed by atoms with Crippen molar-refractivity contribution in [2.24, 2.45) is 0 Å². The number of carbonyl (C=O) groups excluding carboxylic acids is 4. The van der Waals surface area contributed by atoms with Crippen LogP contribution < -0.4 is 9.47 Å². The Labute approximate surface area is 188 Å². The molecule has 4 rings (SSSR count). The maximum absolute atomic E-state index is 12.7. The first kappa shape index (κ1) is 21.8. The number of furan rings is 1. The Bertz CT molecular complexity index is 1250. The molecule has 33 heavy (non-hydrogen) atoms. The minimum Gasteiger partial charge on any atom is -0.497 e. The molecular formula is C24H19NO8. The summed E-state index contributed by atoms with van der Waals surface area (Å²) in [4.78, 5) is 51.4. The molecule has 1 aliphatic heterocycles. The number of Topliss-reactive ketones (excluding diaryl/α,β-unsaturated/α-hetero) is 1. The van der Waals surface area contributed by atoms with E-state index in [1.54, 1.807) is 24.3 Å². The largest absolute Gasteiger partial charge is 0.497 e. The van der Waals surface area contributed by atoms with Crippen molar-refractivity contribution in [1.82, 2.24) is 4.90 Å². The lowest BCUT2D eigenvalue weighted by atomic mass is 10.1. The van der Waals surface area contributed by atoms with Crippen molar-refractivity contribution in [2.45, 2.75) is 6.54 Å². The number of hydrogen-bond donors (Lipinski definition) is 0. The van der Waals surface area contributed by atoms with Crippen molar-refractivity contribution in [1.29, 1.82) is 0 Å². The van der Waals surface area contributed by atoms with Gasteiger partial charge in [0.25, 0.3) is 11.8 Å². The summed E-state index contributed by atoms with van der Waals surface area (Å²) in [5.74, 6) is -1.04. The topological polar surface area (TPSA) is 112 Å². The highest BCUT2D eigenvalue weighted by molar-refractivity contribution is 6.21. The van der Waals surface area contributed by atoms with E-state index in [0.29, 0.717) is 11.5 Å². The van der Waals surface area contributed by atoms with Crippen molar-refractivity contribution in [3.63, 3.8) is 0 Å². The molecule has 0 spiro atoms. The van der Waals surface area contributed by atoms with Gasteiger partial charge in [-0.15, -0.1) is 0 Å². The SMILES string of the molecule is COc1ccc(C(=O)COC(=O)c2ccc3c(c2)C(=O)N(Cc2ccco2)C3=O)c(OC)c1.